The van der Waals surface area contributed by atoms with Crippen molar-refractivity contribution in [3.8, 4) is 11.3 Å². The lowest BCUT2D eigenvalue weighted by Gasteiger charge is -2.26. The monoisotopic (exact) mass is 542 g/mol. The van der Waals surface area contributed by atoms with Crippen LogP contribution in [0.1, 0.15) is 33.9 Å². The fraction of sp³-hybridized carbons (Fsp3) is 0.172. The SMILES string of the molecule is COCC(=O)Nc1ccc(N2C(=S)N[C@H](c3ccccn3)[C@H]2c2ccc(-c3ccccc3C(=O)OC)o2)cc1. The minimum atomic E-state index is -0.446. The fourth-order valence-corrected chi connectivity index (χ4v) is 4.94. The van der Waals surface area contributed by atoms with Crippen molar-refractivity contribution in [1.29, 1.82) is 0 Å². The summed E-state index contributed by atoms with van der Waals surface area (Å²) in [5, 5.41) is 6.69. The molecule has 0 unspecified atom stereocenters. The van der Waals surface area contributed by atoms with Gasteiger partial charge in [-0.05, 0) is 66.8 Å². The molecule has 9 nitrogen and oxygen atoms in total. The highest BCUT2D eigenvalue weighted by atomic mass is 32.1. The van der Waals surface area contributed by atoms with Crippen molar-refractivity contribution in [2.75, 3.05) is 31.0 Å². The number of carbonyl (C=O) groups is 2. The summed E-state index contributed by atoms with van der Waals surface area (Å²) >= 11 is 5.78. The van der Waals surface area contributed by atoms with E-state index in [1.807, 2.05) is 59.5 Å². The standard InChI is InChI=1S/C29H26N4O5S/c1-36-17-25(34)31-18-10-12-19(13-11-18)33-27(26(32-29(33)39)22-9-5-6-16-30-22)24-15-14-23(38-24)20-7-3-4-8-21(20)28(35)37-2/h3-16,26-27H,17H2,1-2H3,(H,31,34)(H,32,39)/t26-,27-/m1/s1. The molecule has 1 saturated heterocycles. The molecule has 0 aliphatic carbocycles. The fourth-order valence-electron chi connectivity index (χ4n) is 4.60. The second kappa shape index (κ2) is 11.5. The largest absolute Gasteiger partial charge is 0.465 e. The zero-order valence-corrected chi connectivity index (χ0v) is 22.1. The molecule has 5 rings (SSSR count). The van der Waals surface area contributed by atoms with Crippen molar-refractivity contribution in [2.24, 2.45) is 0 Å². The Balaban J connectivity index is 1.53. The number of nitrogens with one attached hydrogen (secondary N) is 2. The van der Waals surface area contributed by atoms with Crippen molar-refractivity contribution in [3.63, 3.8) is 0 Å². The van der Waals surface area contributed by atoms with Gasteiger partial charge in [-0.15, -0.1) is 0 Å². The first-order valence-corrected chi connectivity index (χ1v) is 12.6. The molecule has 1 aliphatic rings. The van der Waals surface area contributed by atoms with Crippen molar-refractivity contribution >= 4 is 40.6 Å². The van der Waals surface area contributed by atoms with Gasteiger partial charge in [-0.2, -0.15) is 0 Å². The van der Waals surface area contributed by atoms with E-state index >= 15 is 0 Å². The number of anilines is 2. The topological polar surface area (TPSA) is 106 Å². The van der Waals surface area contributed by atoms with E-state index in [9.17, 15) is 9.59 Å². The number of methoxy groups -OCH3 is 2. The average Bonchev–Trinajstić information content (AvgIpc) is 3.58. The van der Waals surface area contributed by atoms with Crippen molar-refractivity contribution in [3.05, 3.63) is 102 Å². The first-order chi connectivity index (χ1) is 19.0. The molecule has 0 spiro atoms. The van der Waals surface area contributed by atoms with Gasteiger partial charge in [0.1, 0.15) is 24.2 Å². The molecule has 1 fully saturated rings. The van der Waals surface area contributed by atoms with Gasteiger partial charge in [0.05, 0.1) is 24.4 Å². The van der Waals surface area contributed by atoms with Gasteiger partial charge in [0.15, 0.2) is 5.11 Å². The number of hydrogen-bond donors (Lipinski definition) is 2. The highest BCUT2D eigenvalue weighted by molar-refractivity contribution is 7.80. The van der Waals surface area contributed by atoms with E-state index in [0.29, 0.717) is 33.4 Å². The zero-order chi connectivity index (χ0) is 27.4. The number of hydrogen-bond acceptors (Lipinski definition) is 7. The van der Waals surface area contributed by atoms with E-state index in [1.165, 1.54) is 14.2 Å². The number of aromatic nitrogens is 1. The Labute approximate surface area is 230 Å². The maximum absolute atomic E-state index is 12.4. The van der Waals surface area contributed by atoms with Crippen LogP contribution in [0.4, 0.5) is 11.4 Å². The maximum atomic E-state index is 12.4. The summed E-state index contributed by atoms with van der Waals surface area (Å²) < 4.78 is 16.2. The number of carbonyl (C=O) groups excluding carboxylic acids is 2. The quantitative estimate of drug-likeness (QED) is 0.238. The number of rotatable bonds is 8. The average molecular weight is 543 g/mol. The molecule has 0 radical (unpaired) electrons. The molecule has 3 heterocycles. The number of pyridine rings is 1. The minimum Gasteiger partial charge on any atom is -0.465 e. The smallest absolute Gasteiger partial charge is 0.338 e. The predicted molar refractivity (Wildman–Crippen MR) is 150 cm³/mol. The summed E-state index contributed by atoms with van der Waals surface area (Å²) in [6, 6.07) is 23.2. The lowest BCUT2D eigenvalue weighted by molar-refractivity contribution is -0.119. The Morgan fingerprint density at radius 1 is 1.03 bits per heavy atom. The van der Waals surface area contributed by atoms with E-state index in [2.05, 4.69) is 15.6 Å². The van der Waals surface area contributed by atoms with Crippen LogP contribution in [-0.2, 0) is 14.3 Å². The first-order valence-electron chi connectivity index (χ1n) is 12.2. The summed E-state index contributed by atoms with van der Waals surface area (Å²) in [5.41, 5.74) is 3.26. The van der Waals surface area contributed by atoms with Crippen LogP contribution in [0.25, 0.3) is 11.3 Å². The Kier molecular flexibility index (Phi) is 7.67. The molecule has 10 heteroatoms. The summed E-state index contributed by atoms with van der Waals surface area (Å²) in [7, 11) is 2.82. The first kappa shape index (κ1) is 26.1. The second-order valence-electron chi connectivity index (χ2n) is 8.76. The molecular weight excluding hydrogens is 516 g/mol. The molecule has 1 aliphatic heterocycles. The minimum absolute atomic E-state index is 0.0321. The molecule has 39 heavy (non-hydrogen) atoms. The summed E-state index contributed by atoms with van der Waals surface area (Å²) in [6.07, 6.45) is 1.73. The molecular formula is C29H26N4O5S. The van der Waals surface area contributed by atoms with Gasteiger partial charge in [0.2, 0.25) is 5.91 Å². The molecule has 2 aromatic heterocycles. The number of ether oxygens (including phenoxy) is 2. The lowest BCUT2D eigenvalue weighted by atomic mass is 10.0. The van der Waals surface area contributed by atoms with E-state index in [1.54, 1.807) is 30.5 Å². The van der Waals surface area contributed by atoms with Gasteiger partial charge in [0.25, 0.3) is 0 Å². The molecule has 2 atom stereocenters. The third-order valence-corrected chi connectivity index (χ3v) is 6.63. The molecule has 1 amide bonds. The second-order valence-corrected chi connectivity index (χ2v) is 9.15. The zero-order valence-electron chi connectivity index (χ0n) is 21.3. The van der Waals surface area contributed by atoms with Gasteiger partial charge in [-0.1, -0.05) is 24.3 Å². The van der Waals surface area contributed by atoms with E-state index in [-0.39, 0.29) is 24.6 Å². The molecule has 198 valence electrons. The van der Waals surface area contributed by atoms with Gasteiger partial charge in [-0.3, -0.25) is 9.78 Å². The third-order valence-electron chi connectivity index (χ3n) is 6.32. The molecule has 2 aromatic carbocycles. The van der Waals surface area contributed by atoms with Crippen LogP contribution >= 0.6 is 12.2 Å². The molecule has 0 saturated carbocycles. The summed E-state index contributed by atoms with van der Waals surface area (Å²) in [4.78, 5) is 30.8. The van der Waals surface area contributed by atoms with Crippen LogP contribution in [0.5, 0.6) is 0 Å². The summed E-state index contributed by atoms with van der Waals surface area (Å²) in [5.74, 6) is 0.467. The molecule has 4 aromatic rings. The van der Waals surface area contributed by atoms with Crippen molar-refractivity contribution in [2.45, 2.75) is 12.1 Å². The number of benzene rings is 2. The van der Waals surface area contributed by atoms with Crippen LogP contribution in [0, 0.1) is 0 Å². The van der Waals surface area contributed by atoms with Gasteiger partial charge < -0.3 is 29.4 Å². The van der Waals surface area contributed by atoms with Crippen molar-refractivity contribution < 1.29 is 23.5 Å². The van der Waals surface area contributed by atoms with Crippen LogP contribution < -0.4 is 15.5 Å². The normalized spacial score (nSPS) is 16.6. The van der Waals surface area contributed by atoms with Crippen LogP contribution in [0.3, 0.4) is 0 Å². The van der Waals surface area contributed by atoms with Gasteiger partial charge in [0, 0.05) is 30.2 Å². The number of nitrogens with zero attached hydrogens (tertiary/aromatic N) is 2. The number of amides is 1. The van der Waals surface area contributed by atoms with E-state index in [4.69, 9.17) is 26.1 Å². The Hall–Kier alpha value is -4.54. The predicted octanol–water partition coefficient (Wildman–Crippen LogP) is 4.89. The summed E-state index contributed by atoms with van der Waals surface area (Å²) in [6.45, 7) is -0.0321. The van der Waals surface area contributed by atoms with Crippen molar-refractivity contribution in [1.82, 2.24) is 10.3 Å². The Bertz CT molecular complexity index is 1490. The Morgan fingerprint density at radius 3 is 2.51 bits per heavy atom. The van der Waals surface area contributed by atoms with E-state index < -0.39 is 5.97 Å². The Morgan fingerprint density at radius 2 is 1.79 bits per heavy atom. The van der Waals surface area contributed by atoms with Crippen LogP contribution in [-0.4, -0.2) is 42.8 Å². The number of thiocarbonyl (C=S) groups is 1. The van der Waals surface area contributed by atoms with E-state index in [0.717, 1.165) is 11.4 Å². The van der Waals surface area contributed by atoms with Crippen LogP contribution in [0.15, 0.2) is 89.5 Å². The lowest BCUT2D eigenvalue weighted by Crippen LogP contribution is -2.29. The molecule has 0 bridgehead atoms. The number of esters is 1. The molecule has 2 N–H and O–H groups in total. The maximum Gasteiger partial charge on any atom is 0.338 e. The third kappa shape index (κ3) is 5.38. The number of furan rings is 1. The highest BCUT2D eigenvalue weighted by Crippen LogP contribution is 2.43. The van der Waals surface area contributed by atoms with Gasteiger partial charge in [-0.25, -0.2) is 4.79 Å². The van der Waals surface area contributed by atoms with Gasteiger partial charge >= 0.3 is 5.97 Å². The highest BCUT2D eigenvalue weighted by Gasteiger charge is 2.42. The van der Waals surface area contributed by atoms with Crippen LogP contribution in [0.2, 0.25) is 0 Å².